The van der Waals surface area contributed by atoms with Crippen LogP contribution in [0.25, 0.3) is 27.8 Å². The third-order valence-electron chi connectivity index (χ3n) is 6.12. The third-order valence-corrected chi connectivity index (χ3v) is 6.12. The molecular weight excluding hydrogens is 374 g/mol. The molecule has 156 valence electrons. The van der Waals surface area contributed by atoms with Gasteiger partial charge in [-0.25, -0.2) is 9.50 Å². The zero-order valence-corrected chi connectivity index (χ0v) is 18.1. The van der Waals surface area contributed by atoms with Gasteiger partial charge in [0.15, 0.2) is 5.65 Å². The van der Waals surface area contributed by atoms with Crippen molar-refractivity contribution in [1.29, 1.82) is 0 Å². The van der Waals surface area contributed by atoms with Gasteiger partial charge in [0.25, 0.3) is 0 Å². The number of likely N-dealkylation sites (tertiary alicyclic amines) is 1. The van der Waals surface area contributed by atoms with Crippen molar-refractivity contribution < 1.29 is 4.74 Å². The molecule has 0 bridgehead atoms. The number of nitrogens with zero attached hydrogens (tertiary/aromatic N) is 4. The van der Waals surface area contributed by atoms with Crippen molar-refractivity contribution in [2.75, 3.05) is 20.1 Å². The van der Waals surface area contributed by atoms with Crippen LogP contribution in [0, 0.1) is 6.92 Å². The normalized spacial score (nSPS) is 18.0. The number of aromatic nitrogens is 4. The number of ether oxygens (including phenoxy) is 1. The molecule has 1 aliphatic rings. The number of pyridine rings is 1. The summed E-state index contributed by atoms with van der Waals surface area (Å²) in [5.41, 5.74) is 6.74. The average Bonchev–Trinajstić information content (AvgIpc) is 3.32. The fourth-order valence-corrected chi connectivity index (χ4v) is 4.73. The summed E-state index contributed by atoms with van der Waals surface area (Å²) in [5.74, 6) is 1.33. The van der Waals surface area contributed by atoms with E-state index < -0.39 is 0 Å². The van der Waals surface area contributed by atoms with Crippen LogP contribution in [0.4, 0.5) is 0 Å². The summed E-state index contributed by atoms with van der Waals surface area (Å²) in [6.45, 7) is 8.73. The van der Waals surface area contributed by atoms with E-state index in [0.29, 0.717) is 5.92 Å². The molecule has 1 N–H and O–H groups in total. The first-order valence-electron chi connectivity index (χ1n) is 10.8. The molecule has 1 aliphatic heterocycles. The lowest BCUT2D eigenvalue weighted by Gasteiger charge is -2.30. The highest BCUT2D eigenvalue weighted by atomic mass is 16.5. The minimum Gasteiger partial charge on any atom is -0.489 e. The van der Waals surface area contributed by atoms with E-state index in [4.69, 9.17) is 4.74 Å². The summed E-state index contributed by atoms with van der Waals surface area (Å²) < 4.78 is 8.23. The number of aryl methyl sites for hydroxylation is 1. The first-order valence-corrected chi connectivity index (χ1v) is 10.8. The van der Waals surface area contributed by atoms with Crippen LogP contribution in [0.1, 0.15) is 43.7 Å². The number of fused-ring (bicyclic) bond motifs is 2. The van der Waals surface area contributed by atoms with Crippen LogP contribution in [-0.4, -0.2) is 50.7 Å². The molecule has 1 saturated heterocycles. The fraction of sp³-hybridized carbons (Fsp3) is 0.417. The van der Waals surface area contributed by atoms with E-state index in [0.717, 1.165) is 53.2 Å². The van der Waals surface area contributed by atoms with E-state index in [9.17, 15) is 0 Å². The molecule has 30 heavy (non-hydrogen) atoms. The van der Waals surface area contributed by atoms with Crippen LogP contribution in [0.3, 0.4) is 0 Å². The minimum absolute atomic E-state index is 0.263. The van der Waals surface area contributed by atoms with Crippen molar-refractivity contribution >= 4 is 16.6 Å². The molecule has 0 aliphatic carbocycles. The van der Waals surface area contributed by atoms with Gasteiger partial charge in [-0.1, -0.05) is 13.8 Å². The number of benzene rings is 1. The first kappa shape index (κ1) is 19.1. The van der Waals surface area contributed by atoms with E-state index in [1.54, 1.807) is 6.33 Å². The maximum absolute atomic E-state index is 6.37. The van der Waals surface area contributed by atoms with Crippen LogP contribution in [0.5, 0.6) is 5.75 Å². The quantitative estimate of drug-likeness (QED) is 0.533. The number of aromatic amines is 1. The summed E-state index contributed by atoms with van der Waals surface area (Å²) in [4.78, 5) is 10.4. The average molecular weight is 404 g/mol. The molecule has 0 amide bonds. The van der Waals surface area contributed by atoms with Gasteiger partial charge < -0.3 is 14.6 Å². The van der Waals surface area contributed by atoms with Gasteiger partial charge in [0.1, 0.15) is 18.2 Å². The largest absolute Gasteiger partial charge is 0.489 e. The Morgan fingerprint density at radius 2 is 2.10 bits per heavy atom. The Hall–Kier alpha value is -2.86. The highest BCUT2D eigenvalue weighted by Gasteiger charge is 2.21. The maximum atomic E-state index is 6.37. The smallest absolute Gasteiger partial charge is 0.158 e. The molecule has 0 saturated carbocycles. The Morgan fingerprint density at radius 3 is 2.90 bits per heavy atom. The Bertz CT molecular complexity index is 1210. The number of hydrogen-bond acceptors (Lipinski definition) is 4. The lowest BCUT2D eigenvalue weighted by molar-refractivity contribution is 0.104. The van der Waals surface area contributed by atoms with Crippen LogP contribution in [0.2, 0.25) is 0 Å². The lowest BCUT2D eigenvalue weighted by atomic mass is 9.96. The van der Waals surface area contributed by atoms with Gasteiger partial charge >= 0.3 is 0 Å². The summed E-state index contributed by atoms with van der Waals surface area (Å²) in [6, 6.07) is 8.64. The highest BCUT2D eigenvalue weighted by Crippen LogP contribution is 2.37. The molecule has 4 aromatic rings. The monoisotopic (exact) mass is 403 g/mol. The van der Waals surface area contributed by atoms with Gasteiger partial charge in [-0.15, -0.1) is 0 Å². The van der Waals surface area contributed by atoms with Crippen molar-refractivity contribution in [2.45, 2.75) is 45.6 Å². The fourth-order valence-electron chi connectivity index (χ4n) is 4.73. The number of H-pyrrole nitrogens is 1. The van der Waals surface area contributed by atoms with Crippen molar-refractivity contribution in [3.05, 3.63) is 47.9 Å². The molecule has 1 unspecified atom stereocenters. The number of hydrogen-bond donors (Lipinski definition) is 1. The lowest BCUT2D eigenvalue weighted by Crippen LogP contribution is -2.38. The standard InChI is InChI=1S/C24H29N5O/c1-15(2)22-20-11-18(30-19-6-5-9-28(4)13-19)7-8-21(20)27-23(22)17-10-16(3)24-25-14-26-29(24)12-17/h7-8,10-12,14-15,19,27H,5-6,9,13H2,1-4H3. The van der Waals surface area contributed by atoms with Crippen LogP contribution >= 0.6 is 0 Å². The first-order chi connectivity index (χ1) is 14.5. The summed E-state index contributed by atoms with van der Waals surface area (Å²) >= 11 is 0. The number of nitrogens with one attached hydrogen (secondary N) is 1. The predicted octanol–water partition coefficient (Wildman–Crippen LogP) is 4.78. The third kappa shape index (κ3) is 3.35. The molecule has 6 heteroatoms. The van der Waals surface area contributed by atoms with E-state index in [-0.39, 0.29) is 6.10 Å². The number of likely N-dealkylation sites (N-methyl/N-ethyl adjacent to an activating group) is 1. The summed E-state index contributed by atoms with van der Waals surface area (Å²) in [7, 11) is 2.17. The van der Waals surface area contributed by atoms with Gasteiger partial charge in [0, 0.05) is 29.2 Å². The SMILES string of the molecule is Cc1cc(-c2[nH]c3ccc(OC4CCCN(C)C4)cc3c2C(C)C)cn2ncnc12. The molecule has 3 aromatic heterocycles. The molecule has 4 heterocycles. The Labute approximate surface area is 176 Å². The number of piperidine rings is 1. The minimum atomic E-state index is 0.263. The Balaban J connectivity index is 1.58. The molecule has 1 aromatic carbocycles. The van der Waals surface area contributed by atoms with Gasteiger partial charge in [0.05, 0.1) is 5.69 Å². The van der Waals surface area contributed by atoms with Gasteiger partial charge in [-0.2, -0.15) is 5.10 Å². The van der Waals surface area contributed by atoms with E-state index in [2.05, 4.69) is 78.2 Å². The van der Waals surface area contributed by atoms with E-state index >= 15 is 0 Å². The van der Waals surface area contributed by atoms with Gasteiger partial charge in [-0.05, 0) is 74.7 Å². The molecule has 0 radical (unpaired) electrons. The second-order valence-electron chi connectivity index (χ2n) is 8.86. The van der Waals surface area contributed by atoms with Crippen molar-refractivity contribution in [2.24, 2.45) is 0 Å². The molecule has 6 nitrogen and oxygen atoms in total. The maximum Gasteiger partial charge on any atom is 0.158 e. The molecule has 1 fully saturated rings. The van der Waals surface area contributed by atoms with Gasteiger partial charge in [-0.3, -0.25) is 0 Å². The van der Waals surface area contributed by atoms with Crippen LogP contribution in [-0.2, 0) is 0 Å². The topological polar surface area (TPSA) is 58.5 Å². The van der Waals surface area contributed by atoms with Crippen molar-refractivity contribution in [3.8, 4) is 17.0 Å². The molecule has 5 rings (SSSR count). The van der Waals surface area contributed by atoms with Crippen LogP contribution < -0.4 is 4.74 Å². The second-order valence-corrected chi connectivity index (χ2v) is 8.86. The second kappa shape index (κ2) is 7.43. The van der Waals surface area contributed by atoms with Crippen molar-refractivity contribution in [1.82, 2.24) is 24.5 Å². The van der Waals surface area contributed by atoms with E-state index in [1.165, 1.54) is 17.4 Å². The van der Waals surface area contributed by atoms with Gasteiger partial charge in [0.2, 0.25) is 0 Å². The van der Waals surface area contributed by atoms with E-state index in [1.807, 2.05) is 4.52 Å². The Kier molecular flexibility index (Phi) is 4.74. The zero-order valence-electron chi connectivity index (χ0n) is 18.1. The molecular formula is C24H29N5O. The predicted molar refractivity (Wildman–Crippen MR) is 120 cm³/mol. The summed E-state index contributed by atoms with van der Waals surface area (Å²) in [6.07, 6.45) is 6.24. The zero-order chi connectivity index (χ0) is 20.8. The Morgan fingerprint density at radius 1 is 1.23 bits per heavy atom. The van der Waals surface area contributed by atoms with Crippen molar-refractivity contribution in [3.63, 3.8) is 0 Å². The number of rotatable bonds is 4. The van der Waals surface area contributed by atoms with Crippen LogP contribution in [0.15, 0.2) is 36.8 Å². The molecule has 0 spiro atoms. The molecule has 1 atom stereocenters. The summed E-state index contributed by atoms with van der Waals surface area (Å²) in [5, 5.41) is 5.58. The highest BCUT2D eigenvalue weighted by molar-refractivity contribution is 5.92.